The molecular weight excluding hydrogens is 274 g/mol. The second-order valence-electron chi connectivity index (χ2n) is 4.63. The number of aldehydes is 1. The number of methoxy groups -OCH3 is 2. The predicted molar refractivity (Wildman–Crippen MR) is 76.4 cm³/mol. The molecule has 6 nitrogen and oxygen atoms in total. The van der Waals surface area contributed by atoms with Crippen molar-refractivity contribution in [2.45, 2.75) is 26.3 Å². The van der Waals surface area contributed by atoms with Crippen LogP contribution in [0.15, 0.2) is 12.1 Å². The minimum absolute atomic E-state index is 0.234. The number of nitrogens with one attached hydrogen (secondary N) is 1. The summed E-state index contributed by atoms with van der Waals surface area (Å²) in [5.41, 5.74) is 1.92. The van der Waals surface area contributed by atoms with Crippen molar-refractivity contribution in [2.24, 2.45) is 0 Å². The van der Waals surface area contributed by atoms with Crippen molar-refractivity contribution in [3.05, 3.63) is 28.8 Å². The lowest BCUT2D eigenvalue weighted by molar-refractivity contribution is -0.144. The molecule has 0 aliphatic rings. The Balaban J connectivity index is 3.09. The molecule has 0 radical (unpaired) electrons. The smallest absolute Gasteiger partial charge is 0.328 e. The van der Waals surface area contributed by atoms with Gasteiger partial charge < -0.3 is 14.8 Å². The van der Waals surface area contributed by atoms with E-state index in [4.69, 9.17) is 4.74 Å². The van der Waals surface area contributed by atoms with Crippen LogP contribution in [0.1, 0.15) is 28.4 Å². The van der Waals surface area contributed by atoms with Crippen LogP contribution in [0, 0.1) is 6.92 Å². The zero-order valence-electron chi connectivity index (χ0n) is 12.6. The monoisotopic (exact) mass is 293 g/mol. The first kappa shape index (κ1) is 16.7. The summed E-state index contributed by atoms with van der Waals surface area (Å²) in [4.78, 5) is 33.9. The van der Waals surface area contributed by atoms with Gasteiger partial charge in [-0.3, -0.25) is 9.59 Å². The van der Waals surface area contributed by atoms with Gasteiger partial charge in [0.1, 0.15) is 11.8 Å². The van der Waals surface area contributed by atoms with E-state index in [0.29, 0.717) is 17.6 Å². The third-order valence-electron chi connectivity index (χ3n) is 3.00. The summed E-state index contributed by atoms with van der Waals surface area (Å²) in [7, 11) is 2.75. The van der Waals surface area contributed by atoms with Gasteiger partial charge in [0, 0.05) is 13.3 Å². The van der Waals surface area contributed by atoms with Gasteiger partial charge in [0.15, 0.2) is 6.29 Å². The van der Waals surface area contributed by atoms with E-state index in [0.717, 1.165) is 11.1 Å². The van der Waals surface area contributed by atoms with Gasteiger partial charge >= 0.3 is 5.97 Å². The number of aryl methyl sites for hydroxylation is 1. The van der Waals surface area contributed by atoms with Crippen molar-refractivity contribution in [1.29, 1.82) is 0 Å². The van der Waals surface area contributed by atoms with Crippen molar-refractivity contribution >= 4 is 18.2 Å². The maximum absolute atomic E-state index is 11.7. The summed E-state index contributed by atoms with van der Waals surface area (Å²) >= 11 is 0. The molecule has 0 fully saturated rings. The number of carbonyl (C=O) groups excluding carboxylic acids is 3. The fraction of sp³-hybridized carbons (Fsp3) is 0.400. The summed E-state index contributed by atoms with van der Waals surface area (Å²) in [6.07, 6.45) is 0.929. The average Bonchev–Trinajstić information content (AvgIpc) is 2.44. The molecule has 0 aliphatic heterocycles. The van der Waals surface area contributed by atoms with E-state index in [2.05, 4.69) is 10.1 Å². The molecule has 1 atom stereocenters. The lowest BCUT2D eigenvalue weighted by Crippen LogP contribution is -2.42. The van der Waals surface area contributed by atoms with Crippen molar-refractivity contribution < 1.29 is 23.9 Å². The summed E-state index contributed by atoms with van der Waals surface area (Å²) in [6.45, 7) is 3.13. The first-order valence-corrected chi connectivity index (χ1v) is 6.40. The van der Waals surface area contributed by atoms with E-state index >= 15 is 0 Å². The van der Waals surface area contributed by atoms with E-state index in [1.165, 1.54) is 21.1 Å². The largest absolute Gasteiger partial charge is 0.496 e. The Morgan fingerprint density at radius 3 is 2.48 bits per heavy atom. The molecule has 0 spiro atoms. The van der Waals surface area contributed by atoms with Crippen LogP contribution in [0.3, 0.4) is 0 Å². The maximum atomic E-state index is 11.7. The van der Waals surface area contributed by atoms with Crippen molar-refractivity contribution in [2.75, 3.05) is 14.2 Å². The fourth-order valence-electron chi connectivity index (χ4n) is 2.18. The third kappa shape index (κ3) is 4.30. The van der Waals surface area contributed by atoms with Gasteiger partial charge in [-0.1, -0.05) is 6.07 Å². The van der Waals surface area contributed by atoms with E-state index in [1.54, 1.807) is 13.0 Å². The highest BCUT2D eigenvalue weighted by molar-refractivity contribution is 5.84. The molecule has 0 heterocycles. The standard InChI is InChI=1S/C15H19NO5/c1-9-5-11(6-12(8-17)14(9)20-3)7-13(15(19)21-4)16-10(2)18/h5-6,8,13H,7H2,1-4H3,(H,16,18)/t13-/m0/s1. The molecule has 0 aliphatic carbocycles. The highest BCUT2D eigenvalue weighted by Crippen LogP contribution is 2.24. The average molecular weight is 293 g/mol. The quantitative estimate of drug-likeness (QED) is 0.626. The van der Waals surface area contributed by atoms with E-state index in [9.17, 15) is 14.4 Å². The molecule has 1 aromatic rings. The number of rotatable bonds is 6. The summed E-state index contributed by atoms with van der Waals surface area (Å²) in [6, 6.07) is 2.65. The molecule has 0 bridgehead atoms. The molecule has 114 valence electrons. The van der Waals surface area contributed by atoms with Crippen LogP contribution < -0.4 is 10.1 Å². The number of hydrogen-bond donors (Lipinski definition) is 1. The van der Waals surface area contributed by atoms with Crippen LogP contribution in [0.4, 0.5) is 0 Å². The Hall–Kier alpha value is -2.37. The van der Waals surface area contributed by atoms with Gasteiger partial charge in [-0.2, -0.15) is 0 Å². The Kier molecular flexibility index (Phi) is 5.90. The Bertz CT molecular complexity index is 553. The molecule has 1 N–H and O–H groups in total. The molecular formula is C15H19NO5. The van der Waals surface area contributed by atoms with E-state index in [1.807, 2.05) is 6.07 Å². The topological polar surface area (TPSA) is 81.7 Å². The minimum Gasteiger partial charge on any atom is -0.496 e. The van der Waals surface area contributed by atoms with Crippen LogP contribution >= 0.6 is 0 Å². The van der Waals surface area contributed by atoms with E-state index < -0.39 is 12.0 Å². The molecule has 6 heteroatoms. The van der Waals surface area contributed by atoms with Gasteiger partial charge in [0.05, 0.1) is 19.8 Å². The highest BCUT2D eigenvalue weighted by Gasteiger charge is 2.21. The highest BCUT2D eigenvalue weighted by atomic mass is 16.5. The van der Waals surface area contributed by atoms with Crippen molar-refractivity contribution in [3.8, 4) is 5.75 Å². The number of esters is 1. The number of amides is 1. The van der Waals surface area contributed by atoms with Crippen LogP contribution in [0.5, 0.6) is 5.75 Å². The van der Waals surface area contributed by atoms with E-state index in [-0.39, 0.29) is 12.3 Å². The predicted octanol–water partition coefficient (Wildman–Crippen LogP) is 1.04. The Labute approximate surface area is 123 Å². The zero-order chi connectivity index (χ0) is 16.0. The van der Waals surface area contributed by atoms with Crippen LogP contribution in [0.2, 0.25) is 0 Å². The Morgan fingerprint density at radius 1 is 1.33 bits per heavy atom. The molecule has 0 unspecified atom stereocenters. The first-order chi connectivity index (χ1) is 9.92. The SMILES string of the molecule is COC(=O)[C@H](Cc1cc(C)c(OC)c(C=O)c1)NC(C)=O. The van der Waals surface area contributed by atoms with Gasteiger partial charge in [0.25, 0.3) is 0 Å². The van der Waals surface area contributed by atoms with Gasteiger partial charge in [0.2, 0.25) is 5.91 Å². The van der Waals surface area contributed by atoms with Crippen molar-refractivity contribution in [1.82, 2.24) is 5.32 Å². The van der Waals surface area contributed by atoms with Gasteiger partial charge in [-0.15, -0.1) is 0 Å². The molecule has 0 saturated carbocycles. The number of benzene rings is 1. The molecule has 0 aromatic heterocycles. The van der Waals surface area contributed by atoms with Crippen LogP contribution in [-0.2, 0) is 20.7 Å². The lowest BCUT2D eigenvalue weighted by Gasteiger charge is -2.17. The molecule has 21 heavy (non-hydrogen) atoms. The number of carbonyl (C=O) groups is 3. The van der Waals surface area contributed by atoms with Crippen LogP contribution in [0.25, 0.3) is 0 Å². The minimum atomic E-state index is -0.792. The molecule has 1 amide bonds. The first-order valence-electron chi connectivity index (χ1n) is 6.40. The second-order valence-corrected chi connectivity index (χ2v) is 4.63. The maximum Gasteiger partial charge on any atom is 0.328 e. The molecule has 1 aromatic carbocycles. The van der Waals surface area contributed by atoms with Crippen LogP contribution in [-0.4, -0.2) is 38.4 Å². The van der Waals surface area contributed by atoms with Gasteiger partial charge in [-0.25, -0.2) is 4.79 Å². The van der Waals surface area contributed by atoms with Crippen molar-refractivity contribution in [3.63, 3.8) is 0 Å². The fourth-order valence-corrected chi connectivity index (χ4v) is 2.18. The zero-order valence-corrected chi connectivity index (χ0v) is 12.6. The van der Waals surface area contributed by atoms with Gasteiger partial charge in [-0.05, 0) is 24.1 Å². The summed E-state index contributed by atoms with van der Waals surface area (Å²) in [5, 5.41) is 2.53. The summed E-state index contributed by atoms with van der Waals surface area (Å²) < 4.78 is 9.84. The second kappa shape index (κ2) is 7.42. The Morgan fingerprint density at radius 2 is 2.00 bits per heavy atom. The lowest BCUT2D eigenvalue weighted by atomic mass is 10.00. The normalized spacial score (nSPS) is 11.4. The molecule has 1 rings (SSSR count). The molecule has 0 saturated heterocycles. The number of ether oxygens (including phenoxy) is 2. The third-order valence-corrected chi connectivity index (χ3v) is 3.00. The number of hydrogen-bond acceptors (Lipinski definition) is 5. The summed E-state index contributed by atoms with van der Waals surface area (Å²) in [5.74, 6) is -0.361.